The van der Waals surface area contributed by atoms with Crippen molar-refractivity contribution in [3.8, 4) is 6.07 Å². The monoisotopic (exact) mass is 161 g/mol. The minimum absolute atomic E-state index is 0.0713. The molecule has 3 nitrogen and oxygen atoms in total. The molecule has 0 N–H and O–H groups in total. The van der Waals surface area contributed by atoms with Crippen LogP contribution in [0.25, 0.3) is 0 Å². The molecule has 1 aromatic rings. The van der Waals surface area contributed by atoms with Crippen LogP contribution in [-0.4, -0.2) is 9.97 Å². The highest BCUT2D eigenvalue weighted by molar-refractivity contribution is 5.13. The molecule has 0 saturated heterocycles. The van der Waals surface area contributed by atoms with Crippen molar-refractivity contribution < 1.29 is 0 Å². The third kappa shape index (κ3) is 2.03. The summed E-state index contributed by atoms with van der Waals surface area (Å²) in [5.41, 5.74) is 0.828. The first-order valence-electron chi connectivity index (χ1n) is 4.04. The van der Waals surface area contributed by atoms with E-state index >= 15 is 0 Å². The van der Waals surface area contributed by atoms with E-state index in [4.69, 9.17) is 5.26 Å². The Bertz CT molecular complexity index is 263. The molecule has 0 aliphatic heterocycles. The lowest BCUT2D eigenvalue weighted by atomic mass is 10.0. The van der Waals surface area contributed by atoms with Gasteiger partial charge < -0.3 is 0 Å². The predicted octanol–water partition coefficient (Wildman–Crippen LogP) is 1.88. The van der Waals surface area contributed by atoms with Crippen molar-refractivity contribution in [3.63, 3.8) is 0 Å². The Morgan fingerprint density at radius 3 is 3.00 bits per heavy atom. The fraction of sp³-hybridized carbons (Fsp3) is 0.444. The molecule has 0 aliphatic rings. The fourth-order valence-corrected chi connectivity index (χ4v) is 1.07. The summed E-state index contributed by atoms with van der Waals surface area (Å²) in [6.45, 7) is 2.06. The number of aromatic nitrogens is 2. The third-order valence-corrected chi connectivity index (χ3v) is 1.70. The van der Waals surface area contributed by atoms with Crippen molar-refractivity contribution in [2.24, 2.45) is 0 Å². The first-order valence-corrected chi connectivity index (χ1v) is 4.04. The van der Waals surface area contributed by atoms with E-state index < -0.39 is 0 Å². The van der Waals surface area contributed by atoms with Crippen molar-refractivity contribution in [1.82, 2.24) is 9.97 Å². The SMILES string of the molecule is CCCC(C#N)c1ccncn1. The third-order valence-electron chi connectivity index (χ3n) is 1.70. The highest BCUT2D eigenvalue weighted by Crippen LogP contribution is 2.16. The molecule has 0 aliphatic carbocycles. The van der Waals surface area contributed by atoms with Gasteiger partial charge in [-0.25, -0.2) is 9.97 Å². The summed E-state index contributed by atoms with van der Waals surface area (Å²) in [4.78, 5) is 7.84. The zero-order valence-electron chi connectivity index (χ0n) is 7.07. The Morgan fingerprint density at radius 2 is 2.50 bits per heavy atom. The van der Waals surface area contributed by atoms with E-state index in [1.165, 1.54) is 6.33 Å². The predicted molar refractivity (Wildman–Crippen MR) is 45.3 cm³/mol. The first kappa shape index (κ1) is 8.66. The van der Waals surface area contributed by atoms with Crippen molar-refractivity contribution in [1.29, 1.82) is 5.26 Å². The van der Waals surface area contributed by atoms with Gasteiger partial charge in [-0.15, -0.1) is 0 Å². The Hall–Kier alpha value is -1.43. The first-order chi connectivity index (χ1) is 5.88. The second kappa shape index (κ2) is 4.45. The van der Waals surface area contributed by atoms with E-state index in [2.05, 4.69) is 23.0 Å². The van der Waals surface area contributed by atoms with Gasteiger partial charge in [0.15, 0.2) is 0 Å². The van der Waals surface area contributed by atoms with Crippen LogP contribution < -0.4 is 0 Å². The summed E-state index contributed by atoms with van der Waals surface area (Å²) in [5, 5.41) is 8.80. The molecule has 0 radical (unpaired) electrons. The number of nitrogens with zero attached hydrogens (tertiary/aromatic N) is 3. The summed E-state index contributed by atoms with van der Waals surface area (Å²) in [7, 11) is 0. The lowest BCUT2D eigenvalue weighted by Crippen LogP contribution is -1.98. The maximum absolute atomic E-state index is 8.80. The van der Waals surface area contributed by atoms with Gasteiger partial charge in [0.25, 0.3) is 0 Å². The maximum Gasteiger partial charge on any atom is 0.115 e. The second-order valence-electron chi connectivity index (χ2n) is 2.60. The number of rotatable bonds is 3. The van der Waals surface area contributed by atoms with Crippen LogP contribution in [0.1, 0.15) is 31.4 Å². The van der Waals surface area contributed by atoms with Gasteiger partial charge in [-0.1, -0.05) is 13.3 Å². The van der Waals surface area contributed by atoms with Gasteiger partial charge in [0, 0.05) is 6.20 Å². The smallest absolute Gasteiger partial charge is 0.115 e. The number of nitriles is 1. The van der Waals surface area contributed by atoms with Crippen LogP contribution in [0.15, 0.2) is 18.6 Å². The van der Waals surface area contributed by atoms with Crippen molar-refractivity contribution in [2.45, 2.75) is 25.7 Å². The Morgan fingerprint density at radius 1 is 1.67 bits per heavy atom. The topological polar surface area (TPSA) is 49.6 Å². The molecule has 12 heavy (non-hydrogen) atoms. The molecule has 1 unspecified atom stereocenters. The quantitative estimate of drug-likeness (QED) is 0.680. The molecule has 0 bridgehead atoms. The van der Waals surface area contributed by atoms with Crippen LogP contribution in [-0.2, 0) is 0 Å². The zero-order chi connectivity index (χ0) is 8.81. The largest absolute Gasteiger partial charge is 0.245 e. The van der Waals surface area contributed by atoms with E-state index in [1.54, 1.807) is 12.3 Å². The molecule has 1 aromatic heterocycles. The molecule has 3 heteroatoms. The van der Waals surface area contributed by atoms with E-state index in [-0.39, 0.29) is 5.92 Å². The average molecular weight is 161 g/mol. The minimum atomic E-state index is -0.0713. The molecule has 1 rings (SSSR count). The molecule has 1 heterocycles. The van der Waals surface area contributed by atoms with E-state index in [0.717, 1.165) is 18.5 Å². The van der Waals surface area contributed by atoms with Gasteiger partial charge in [0.1, 0.15) is 6.33 Å². The average Bonchev–Trinajstić information content (AvgIpc) is 2.15. The van der Waals surface area contributed by atoms with Crippen molar-refractivity contribution >= 4 is 0 Å². The molecule has 1 atom stereocenters. The fourth-order valence-electron chi connectivity index (χ4n) is 1.07. The van der Waals surface area contributed by atoms with Crippen LogP contribution in [0, 0.1) is 11.3 Å². The molecule has 0 spiro atoms. The lowest BCUT2D eigenvalue weighted by molar-refractivity contribution is 0.706. The summed E-state index contributed by atoms with van der Waals surface area (Å²) in [5.74, 6) is -0.0713. The van der Waals surface area contributed by atoms with Crippen LogP contribution >= 0.6 is 0 Å². The van der Waals surface area contributed by atoms with E-state index in [0.29, 0.717) is 0 Å². The van der Waals surface area contributed by atoms with Gasteiger partial charge in [-0.3, -0.25) is 0 Å². The van der Waals surface area contributed by atoms with Crippen LogP contribution in [0.2, 0.25) is 0 Å². The zero-order valence-corrected chi connectivity index (χ0v) is 7.07. The maximum atomic E-state index is 8.80. The second-order valence-corrected chi connectivity index (χ2v) is 2.60. The Labute approximate surface area is 72.1 Å². The lowest BCUT2D eigenvalue weighted by Gasteiger charge is -2.04. The van der Waals surface area contributed by atoms with Gasteiger partial charge in [0.2, 0.25) is 0 Å². The standard InChI is InChI=1S/C9H11N3/c1-2-3-8(6-10)9-4-5-11-7-12-9/h4-5,7-8H,2-3H2,1H3. The van der Waals surface area contributed by atoms with E-state index in [1.807, 2.05) is 0 Å². The van der Waals surface area contributed by atoms with Gasteiger partial charge in [-0.05, 0) is 12.5 Å². The highest BCUT2D eigenvalue weighted by atomic mass is 14.8. The number of hydrogen-bond acceptors (Lipinski definition) is 3. The molecule has 0 saturated carbocycles. The minimum Gasteiger partial charge on any atom is -0.245 e. The summed E-state index contributed by atoms with van der Waals surface area (Å²) < 4.78 is 0. The van der Waals surface area contributed by atoms with Gasteiger partial charge >= 0.3 is 0 Å². The molecular weight excluding hydrogens is 150 g/mol. The van der Waals surface area contributed by atoms with Crippen molar-refractivity contribution in [3.05, 3.63) is 24.3 Å². The van der Waals surface area contributed by atoms with Gasteiger partial charge in [-0.2, -0.15) is 5.26 Å². The summed E-state index contributed by atoms with van der Waals surface area (Å²) >= 11 is 0. The normalized spacial score (nSPS) is 12.0. The van der Waals surface area contributed by atoms with Crippen LogP contribution in [0.5, 0.6) is 0 Å². The summed E-state index contributed by atoms with van der Waals surface area (Å²) in [6, 6.07) is 4.02. The molecular formula is C9H11N3. The molecule has 0 aromatic carbocycles. The highest BCUT2D eigenvalue weighted by Gasteiger charge is 2.09. The number of hydrogen-bond donors (Lipinski definition) is 0. The van der Waals surface area contributed by atoms with E-state index in [9.17, 15) is 0 Å². The molecule has 62 valence electrons. The Balaban J connectivity index is 2.75. The molecule has 0 amide bonds. The van der Waals surface area contributed by atoms with Crippen LogP contribution in [0.4, 0.5) is 0 Å². The van der Waals surface area contributed by atoms with Gasteiger partial charge in [0.05, 0.1) is 17.7 Å². The van der Waals surface area contributed by atoms with Crippen molar-refractivity contribution in [2.75, 3.05) is 0 Å². The molecule has 0 fully saturated rings. The summed E-state index contributed by atoms with van der Waals surface area (Å²) in [6.07, 6.45) is 5.02. The van der Waals surface area contributed by atoms with Crippen LogP contribution in [0.3, 0.4) is 0 Å². The Kier molecular flexibility index (Phi) is 3.21.